The molecule has 0 saturated heterocycles. The van der Waals surface area contributed by atoms with E-state index in [0.29, 0.717) is 0 Å². The normalized spacial score (nSPS) is 13.4. The van der Waals surface area contributed by atoms with E-state index in [0.717, 1.165) is 0 Å². The molecule has 0 spiro atoms. The molecule has 0 nitrogen and oxygen atoms in total. The number of hydrogen-bond donors (Lipinski definition) is 0. The first kappa shape index (κ1) is 14.5. The van der Waals surface area contributed by atoms with Crippen LogP contribution in [0.2, 0.25) is 0 Å². The molecule has 1 aromatic rings. The first-order valence-corrected chi connectivity index (χ1v) is 14.0. The van der Waals surface area contributed by atoms with Gasteiger partial charge in [0.25, 0.3) is 0 Å². The van der Waals surface area contributed by atoms with Gasteiger partial charge in [0, 0.05) is 6.42 Å². The summed E-state index contributed by atoms with van der Waals surface area (Å²) < 4.78 is 0. The maximum atomic E-state index is 4.96. The van der Waals surface area contributed by atoms with Gasteiger partial charge in [-0.3, -0.25) is 0 Å². The van der Waals surface area contributed by atoms with Crippen molar-refractivity contribution in [1.82, 2.24) is 0 Å². The third-order valence-corrected chi connectivity index (χ3v) is 2.49. The molecule has 1 aromatic carbocycles. The number of allylic oxidation sites excluding steroid dienone is 2. The molecule has 0 N–H and O–H groups in total. The molecule has 1 aliphatic rings. The Hall–Kier alpha value is 0.410. The van der Waals surface area contributed by atoms with Crippen LogP contribution in [-0.4, -0.2) is 0 Å². The molecular weight excluding hydrogens is 406 g/mol. The summed E-state index contributed by atoms with van der Waals surface area (Å²) in [7, 11) is 9.92. The summed E-state index contributed by atoms with van der Waals surface area (Å²) in [6, 6.07) is 8.58. The van der Waals surface area contributed by atoms with Gasteiger partial charge in [0.2, 0.25) is 0 Å². The molecule has 85 valence electrons. The van der Waals surface area contributed by atoms with Crippen LogP contribution in [0.5, 0.6) is 0 Å². The Morgan fingerprint density at radius 3 is 2.19 bits per heavy atom. The average Bonchev–Trinajstić information content (AvgIpc) is 2.61. The van der Waals surface area contributed by atoms with Gasteiger partial charge in [-0.1, -0.05) is 51.1 Å². The van der Waals surface area contributed by atoms with Gasteiger partial charge in [-0.15, -0.1) is 0 Å². The van der Waals surface area contributed by atoms with Crippen molar-refractivity contribution in [2.24, 2.45) is 5.41 Å². The molecule has 0 atom stereocenters. The fourth-order valence-electron chi connectivity index (χ4n) is 1.80. The second kappa shape index (κ2) is 6.37. The zero-order chi connectivity index (χ0) is 12.2. The molecule has 0 bridgehead atoms. The van der Waals surface area contributed by atoms with Crippen molar-refractivity contribution in [3.05, 3.63) is 47.9 Å². The molecule has 2 rings (SSSR count). The molecule has 0 saturated carbocycles. The Balaban J connectivity index is 0.000000386. The number of hydrogen-bond acceptors (Lipinski definition) is 0. The first-order chi connectivity index (χ1) is 7.50. The van der Waals surface area contributed by atoms with E-state index in [9.17, 15) is 0 Å². The number of halogens is 2. The van der Waals surface area contributed by atoms with Crippen LogP contribution in [0.25, 0.3) is 5.57 Å². The minimum absolute atomic E-state index is 0.253. The van der Waals surface area contributed by atoms with Crippen molar-refractivity contribution < 1.29 is 20.5 Å². The van der Waals surface area contributed by atoms with Crippen molar-refractivity contribution in [3.63, 3.8) is 0 Å². The average molecular weight is 421 g/mol. The van der Waals surface area contributed by atoms with Gasteiger partial charge in [0.1, 0.15) is 0 Å². The van der Waals surface area contributed by atoms with Crippen molar-refractivity contribution in [2.75, 3.05) is 0 Å². The third-order valence-electron chi connectivity index (χ3n) is 2.49. The molecule has 0 heterocycles. The van der Waals surface area contributed by atoms with Gasteiger partial charge in [0.05, 0.1) is 0 Å². The van der Waals surface area contributed by atoms with E-state index in [-0.39, 0.29) is 5.41 Å². The fraction of sp³-hybridized carbons (Fsp3) is 0.308. The summed E-state index contributed by atoms with van der Waals surface area (Å²) in [5, 5.41) is 0. The molecule has 1 radical (unpaired) electrons. The van der Waals surface area contributed by atoms with Crippen LogP contribution in [0.4, 0.5) is 0 Å². The SMILES string of the molecule is CC(C)(C)C1=C[CH]c2ccccc21.[Cl][Hf][Cl]. The van der Waals surface area contributed by atoms with E-state index in [2.05, 4.69) is 57.5 Å². The van der Waals surface area contributed by atoms with Crippen LogP contribution < -0.4 is 0 Å². The molecule has 0 unspecified atom stereocenters. The number of benzene rings is 1. The summed E-state index contributed by atoms with van der Waals surface area (Å²) in [5.74, 6) is 0. The predicted molar refractivity (Wildman–Crippen MR) is 69.0 cm³/mol. The van der Waals surface area contributed by atoms with Crippen LogP contribution in [-0.2, 0) is 20.5 Å². The van der Waals surface area contributed by atoms with Gasteiger partial charge in [-0.25, -0.2) is 0 Å². The molecule has 0 amide bonds. The molecule has 0 aromatic heterocycles. The second-order valence-corrected chi connectivity index (χ2v) is 9.85. The maximum absolute atomic E-state index is 4.96. The van der Waals surface area contributed by atoms with E-state index in [1.165, 1.54) is 16.7 Å². The Morgan fingerprint density at radius 2 is 1.62 bits per heavy atom. The molecule has 0 fully saturated rings. The summed E-state index contributed by atoms with van der Waals surface area (Å²) >= 11 is -0.972. The predicted octanol–water partition coefficient (Wildman–Crippen LogP) is 5.06. The van der Waals surface area contributed by atoms with Crippen molar-refractivity contribution in [2.45, 2.75) is 20.8 Å². The number of rotatable bonds is 0. The van der Waals surface area contributed by atoms with Crippen LogP contribution in [0.3, 0.4) is 0 Å². The van der Waals surface area contributed by atoms with Gasteiger partial charge >= 0.3 is 37.7 Å². The summed E-state index contributed by atoms with van der Waals surface area (Å²) in [6.07, 6.45) is 4.45. The summed E-state index contributed by atoms with van der Waals surface area (Å²) in [6.45, 7) is 6.78. The van der Waals surface area contributed by atoms with E-state index in [1.807, 2.05) is 0 Å². The van der Waals surface area contributed by atoms with E-state index >= 15 is 0 Å². The van der Waals surface area contributed by atoms with Crippen molar-refractivity contribution >= 4 is 22.7 Å². The van der Waals surface area contributed by atoms with Gasteiger partial charge < -0.3 is 0 Å². The van der Waals surface area contributed by atoms with Crippen molar-refractivity contribution in [3.8, 4) is 0 Å². The van der Waals surface area contributed by atoms with Gasteiger partial charge in [-0.05, 0) is 22.1 Å². The van der Waals surface area contributed by atoms with Gasteiger partial charge in [-0.2, -0.15) is 0 Å². The second-order valence-electron chi connectivity index (χ2n) is 4.66. The van der Waals surface area contributed by atoms with Gasteiger partial charge in [0.15, 0.2) is 0 Å². The third kappa shape index (κ3) is 3.72. The van der Waals surface area contributed by atoms with Crippen LogP contribution in [0, 0.1) is 11.8 Å². The zero-order valence-corrected chi connectivity index (χ0v) is 14.8. The van der Waals surface area contributed by atoms with E-state index in [4.69, 9.17) is 17.2 Å². The standard InChI is InChI=1S/C13H15.2ClH.Hf/c1-13(2,3)12-9-8-10-6-4-5-7-11(10)12;;;/h4-9H,1-3H3;2*1H;/q;;;+2/p-2. The van der Waals surface area contributed by atoms with Crippen molar-refractivity contribution in [1.29, 1.82) is 0 Å². The summed E-state index contributed by atoms with van der Waals surface area (Å²) in [4.78, 5) is 0. The van der Waals surface area contributed by atoms with E-state index in [1.54, 1.807) is 0 Å². The molecule has 3 heteroatoms. The Morgan fingerprint density at radius 1 is 1.06 bits per heavy atom. The molecule has 1 aliphatic carbocycles. The zero-order valence-electron chi connectivity index (χ0n) is 9.72. The van der Waals surface area contributed by atoms with Crippen LogP contribution in [0.1, 0.15) is 31.9 Å². The first-order valence-electron chi connectivity index (χ1n) is 5.12. The van der Waals surface area contributed by atoms with E-state index < -0.39 is 20.5 Å². The molecule has 0 aliphatic heterocycles. The van der Waals surface area contributed by atoms with Crippen LogP contribution in [0.15, 0.2) is 30.3 Å². The fourth-order valence-corrected chi connectivity index (χ4v) is 1.80. The summed E-state index contributed by atoms with van der Waals surface area (Å²) in [5.41, 5.74) is 4.45. The minimum atomic E-state index is -0.972. The Labute approximate surface area is 117 Å². The Bertz CT molecular complexity index is 378. The quantitative estimate of drug-likeness (QED) is 0.515. The molecule has 16 heavy (non-hydrogen) atoms. The molecular formula is C13H15Cl2Hf. The monoisotopic (exact) mass is 421 g/mol. The number of fused-ring (bicyclic) bond motifs is 1. The topological polar surface area (TPSA) is 0 Å². The Kier molecular flexibility index (Phi) is 5.76. The van der Waals surface area contributed by atoms with Crippen LogP contribution >= 0.6 is 17.2 Å².